The minimum atomic E-state index is 0. The van der Waals surface area contributed by atoms with Crippen LogP contribution >= 0.6 is 24.8 Å². The number of hydrogen-bond donors (Lipinski definition) is 2. The zero-order chi connectivity index (χ0) is 15.6. The molecule has 2 bridgehead atoms. The van der Waals surface area contributed by atoms with Crippen molar-refractivity contribution in [1.82, 2.24) is 5.32 Å². The number of nitrogens with one attached hydrogen (secondary N) is 2. The Hall–Kier alpha value is -0.970. The van der Waals surface area contributed by atoms with Crippen molar-refractivity contribution in [3.8, 4) is 0 Å². The van der Waals surface area contributed by atoms with Gasteiger partial charge in [-0.15, -0.1) is 24.8 Å². The SMILES string of the molecule is Cl.Cl.O=C(CC1CC2CCC(C1)N2)Nc1cccc(N2CCCC2)c1. The van der Waals surface area contributed by atoms with E-state index in [-0.39, 0.29) is 30.7 Å². The van der Waals surface area contributed by atoms with Crippen LogP contribution in [0.3, 0.4) is 0 Å². The van der Waals surface area contributed by atoms with Crippen molar-refractivity contribution in [2.75, 3.05) is 23.3 Å². The van der Waals surface area contributed by atoms with Crippen LogP contribution in [0.2, 0.25) is 0 Å². The Morgan fingerprint density at radius 1 is 1.12 bits per heavy atom. The van der Waals surface area contributed by atoms with Gasteiger partial charge < -0.3 is 15.5 Å². The van der Waals surface area contributed by atoms with Gasteiger partial charge in [-0.05, 0) is 62.6 Å². The first-order valence-corrected chi connectivity index (χ1v) is 9.17. The Morgan fingerprint density at radius 3 is 2.48 bits per heavy atom. The van der Waals surface area contributed by atoms with Crippen LogP contribution in [0, 0.1) is 5.92 Å². The smallest absolute Gasteiger partial charge is 0.224 e. The number of benzene rings is 1. The van der Waals surface area contributed by atoms with E-state index >= 15 is 0 Å². The molecular weight excluding hydrogens is 357 g/mol. The number of piperidine rings is 1. The number of carbonyl (C=O) groups excluding carboxylic acids is 1. The minimum absolute atomic E-state index is 0. The Kier molecular flexibility index (Phi) is 7.41. The monoisotopic (exact) mass is 385 g/mol. The molecule has 0 aromatic heterocycles. The third-order valence-corrected chi connectivity index (χ3v) is 5.65. The van der Waals surface area contributed by atoms with Crippen LogP contribution in [-0.2, 0) is 4.79 Å². The molecule has 4 nitrogen and oxygen atoms in total. The van der Waals surface area contributed by atoms with E-state index in [4.69, 9.17) is 0 Å². The Balaban J connectivity index is 0.00000113. The molecule has 1 aromatic carbocycles. The van der Waals surface area contributed by atoms with E-state index in [9.17, 15) is 4.79 Å². The normalized spacial score (nSPS) is 27.4. The number of rotatable bonds is 4. The van der Waals surface area contributed by atoms with Crippen molar-refractivity contribution in [2.24, 2.45) is 5.92 Å². The fourth-order valence-corrected chi connectivity index (χ4v) is 4.57. The molecule has 0 aliphatic carbocycles. The second kappa shape index (κ2) is 9.11. The van der Waals surface area contributed by atoms with Gasteiger partial charge in [0.2, 0.25) is 5.91 Å². The third-order valence-electron chi connectivity index (χ3n) is 5.65. The van der Waals surface area contributed by atoms with Gasteiger partial charge in [-0.1, -0.05) is 6.07 Å². The van der Waals surface area contributed by atoms with Crippen LogP contribution in [0.1, 0.15) is 44.9 Å². The second-order valence-electron chi connectivity index (χ2n) is 7.47. The molecule has 2 N–H and O–H groups in total. The summed E-state index contributed by atoms with van der Waals surface area (Å²) in [6, 6.07) is 9.63. The predicted molar refractivity (Wildman–Crippen MR) is 108 cm³/mol. The summed E-state index contributed by atoms with van der Waals surface area (Å²) in [6.07, 6.45) is 8.13. The van der Waals surface area contributed by atoms with Crippen LogP contribution in [0.25, 0.3) is 0 Å². The van der Waals surface area contributed by atoms with E-state index in [1.807, 2.05) is 12.1 Å². The summed E-state index contributed by atoms with van der Waals surface area (Å²) in [5.74, 6) is 0.727. The Morgan fingerprint density at radius 2 is 1.80 bits per heavy atom. The maximum Gasteiger partial charge on any atom is 0.224 e. The van der Waals surface area contributed by atoms with Crippen molar-refractivity contribution < 1.29 is 4.79 Å². The van der Waals surface area contributed by atoms with Crippen LogP contribution < -0.4 is 15.5 Å². The van der Waals surface area contributed by atoms with Crippen molar-refractivity contribution >= 4 is 42.1 Å². The Bertz CT molecular complexity index is 566. The maximum atomic E-state index is 12.4. The van der Waals surface area contributed by atoms with E-state index in [2.05, 4.69) is 27.7 Å². The van der Waals surface area contributed by atoms with Gasteiger partial charge in [0.1, 0.15) is 0 Å². The average Bonchev–Trinajstić information content (AvgIpc) is 3.17. The van der Waals surface area contributed by atoms with Crippen molar-refractivity contribution in [3.63, 3.8) is 0 Å². The van der Waals surface area contributed by atoms with Gasteiger partial charge in [0.15, 0.2) is 0 Å². The highest BCUT2D eigenvalue weighted by Gasteiger charge is 2.34. The maximum absolute atomic E-state index is 12.4. The van der Waals surface area contributed by atoms with Crippen LogP contribution in [0.4, 0.5) is 11.4 Å². The molecule has 3 aliphatic heterocycles. The first-order valence-electron chi connectivity index (χ1n) is 9.17. The lowest BCUT2D eigenvalue weighted by molar-refractivity contribution is -0.117. The molecule has 140 valence electrons. The molecule has 0 saturated carbocycles. The van der Waals surface area contributed by atoms with Crippen molar-refractivity contribution in [3.05, 3.63) is 24.3 Å². The van der Waals surface area contributed by atoms with Gasteiger partial charge in [0.25, 0.3) is 0 Å². The number of fused-ring (bicyclic) bond motifs is 2. The molecule has 0 radical (unpaired) electrons. The van der Waals surface area contributed by atoms with E-state index in [1.54, 1.807) is 0 Å². The van der Waals surface area contributed by atoms with E-state index < -0.39 is 0 Å². The highest BCUT2D eigenvalue weighted by Crippen LogP contribution is 2.33. The minimum Gasteiger partial charge on any atom is -0.371 e. The van der Waals surface area contributed by atoms with Gasteiger partial charge in [0.05, 0.1) is 0 Å². The lowest BCUT2D eigenvalue weighted by Crippen LogP contribution is -2.39. The molecule has 0 spiro atoms. The molecule has 3 heterocycles. The number of hydrogen-bond acceptors (Lipinski definition) is 3. The molecule has 3 aliphatic rings. The summed E-state index contributed by atoms with van der Waals surface area (Å²) in [5.41, 5.74) is 2.18. The number of carbonyl (C=O) groups is 1. The van der Waals surface area contributed by atoms with Gasteiger partial charge >= 0.3 is 0 Å². The van der Waals surface area contributed by atoms with Crippen LogP contribution in [-0.4, -0.2) is 31.1 Å². The molecule has 1 aromatic rings. The standard InChI is InChI=1S/C19H27N3O.2ClH/c23-19(12-14-10-16-6-7-17(11-14)20-16)21-15-4-3-5-18(13-15)22-8-1-2-9-22;;/h3-5,13-14,16-17,20H,1-2,6-12H2,(H,21,23);2*1H. The zero-order valence-corrected chi connectivity index (χ0v) is 16.2. The van der Waals surface area contributed by atoms with E-state index in [0.29, 0.717) is 24.4 Å². The topological polar surface area (TPSA) is 44.4 Å². The molecule has 6 heteroatoms. The van der Waals surface area contributed by atoms with E-state index in [1.165, 1.54) is 31.4 Å². The third kappa shape index (κ3) is 5.02. The summed E-state index contributed by atoms with van der Waals surface area (Å²) >= 11 is 0. The first kappa shape index (κ1) is 20.3. The summed E-state index contributed by atoms with van der Waals surface area (Å²) in [6.45, 7) is 2.27. The largest absolute Gasteiger partial charge is 0.371 e. The molecule has 3 saturated heterocycles. The van der Waals surface area contributed by atoms with Crippen LogP contribution in [0.5, 0.6) is 0 Å². The Labute approximate surface area is 162 Å². The van der Waals surface area contributed by atoms with Gasteiger partial charge in [-0.2, -0.15) is 0 Å². The predicted octanol–water partition coefficient (Wildman–Crippen LogP) is 3.99. The molecule has 4 rings (SSSR count). The molecule has 1 amide bonds. The number of amides is 1. The second-order valence-corrected chi connectivity index (χ2v) is 7.47. The number of halogens is 2. The van der Waals surface area contributed by atoms with Gasteiger partial charge in [-0.3, -0.25) is 4.79 Å². The highest BCUT2D eigenvalue weighted by atomic mass is 35.5. The summed E-state index contributed by atoms with van der Waals surface area (Å²) < 4.78 is 0. The van der Waals surface area contributed by atoms with Crippen molar-refractivity contribution in [2.45, 2.75) is 57.0 Å². The summed E-state index contributed by atoms with van der Waals surface area (Å²) in [7, 11) is 0. The van der Waals surface area contributed by atoms with Gasteiger partial charge in [-0.25, -0.2) is 0 Å². The fourth-order valence-electron chi connectivity index (χ4n) is 4.57. The number of anilines is 2. The summed E-state index contributed by atoms with van der Waals surface area (Å²) in [4.78, 5) is 14.8. The first-order chi connectivity index (χ1) is 11.3. The lowest BCUT2D eigenvalue weighted by Gasteiger charge is -2.28. The molecular formula is C19H29Cl2N3O. The summed E-state index contributed by atoms with van der Waals surface area (Å²) in [5, 5.41) is 6.76. The van der Waals surface area contributed by atoms with Crippen molar-refractivity contribution in [1.29, 1.82) is 0 Å². The van der Waals surface area contributed by atoms with E-state index in [0.717, 1.165) is 31.6 Å². The molecule has 2 unspecified atom stereocenters. The molecule has 2 atom stereocenters. The zero-order valence-electron chi connectivity index (χ0n) is 14.6. The lowest BCUT2D eigenvalue weighted by atomic mass is 9.89. The molecule has 3 fully saturated rings. The van der Waals surface area contributed by atoms with Crippen LogP contribution in [0.15, 0.2) is 24.3 Å². The number of nitrogens with zero attached hydrogens (tertiary/aromatic N) is 1. The fraction of sp³-hybridized carbons (Fsp3) is 0.632. The molecule has 25 heavy (non-hydrogen) atoms. The van der Waals surface area contributed by atoms with Gasteiger partial charge in [0, 0.05) is 43.0 Å². The quantitative estimate of drug-likeness (QED) is 0.823. The highest BCUT2D eigenvalue weighted by molar-refractivity contribution is 5.91. The average molecular weight is 386 g/mol.